The molecule has 0 spiro atoms. The molecule has 0 saturated carbocycles. The molecule has 0 unspecified atom stereocenters. The molecule has 1 heterocycles. The van der Waals surface area contributed by atoms with Crippen LogP contribution >= 0.6 is 15.9 Å². The molecule has 1 aromatic rings. The summed E-state index contributed by atoms with van der Waals surface area (Å²) in [6, 6.07) is 7.95. The van der Waals surface area contributed by atoms with Crippen LogP contribution in [0.2, 0.25) is 0 Å². The van der Waals surface area contributed by atoms with Gasteiger partial charge in [0.25, 0.3) is 5.91 Å². The van der Waals surface area contributed by atoms with E-state index >= 15 is 0 Å². The molecule has 1 atom stereocenters. The summed E-state index contributed by atoms with van der Waals surface area (Å²) in [5.74, 6) is 0.112. The number of hydrogen-bond donors (Lipinski definition) is 1. The lowest BCUT2D eigenvalue weighted by atomic mass is 10.1. The molecule has 0 aliphatic carbocycles. The molecule has 1 fully saturated rings. The maximum absolute atomic E-state index is 12.2. The highest BCUT2D eigenvalue weighted by atomic mass is 79.9. The lowest BCUT2D eigenvalue weighted by molar-refractivity contribution is 0.0708. The zero-order valence-corrected chi connectivity index (χ0v) is 10.8. The Morgan fingerprint density at radius 1 is 1.50 bits per heavy atom. The standard InChI is InChI=1S/C12H15BrN2O/c1-9-8-15(7-6-14-9)12(16)10-4-2-3-5-11(10)13/h2-5,9,14H,6-8H2,1H3/t9-/m0/s1. The van der Waals surface area contributed by atoms with E-state index in [-0.39, 0.29) is 5.91 Å². The Hall–Kier alpha value is -0.870. The molecule has 1 aliphatic heterocycles. The summed E-state index contributed by atoms with van der Waals surface area (Å²) in [6.07, 6.45) is 0. The minimum Gasteiger partial charge on any atom is -0.336 e. The average molecular weight is 283 g/mol. The van der Waals surface area contributed by atoms with Crippen molar-refractivity contribution in [2.45, 2.75) is 13.0 Å². The normalized spacial score (nSPS) is 20.9. The van der Waals surface area contributed by atoms with E-state index in [4.69, 9.17) is 0 Å². The van der Waals surface area contributed by atoms with Crippen molar-refractivity contribution in [3.63, 3.8) is 0 Å². The Kier molecular flexibility index (Phi) is 3.61. The third-order valence-electron chi connectivity index (χ3n) is 2.76. The van der Waals surface area contributed by atoms with Gasteiger partial charge in [0, 0.05) is 30.1 Å². The topological polar surface area (TPSA) is 32.3 Å². The van der Waals surface area contributed by atoms with Crippen LogP contribution in [-0.4, -0.2) is 36.5 Å². The van der Waals surface area contributed by atoms with Crippen LogP contribution in [0.1, 0.15) is 17.3 Å². The number of amides is 1. The second-order valence-electron chi connectivity index (χ2n) is 4.09. The third kappa shape index (κ3) is 2.44. The van der Waals surface area contributed by atoms with Crippen LogP contribution in [0.25, 0.3) is 0 Å². The molecule has 0 radical (unpaired) electrons. The van der Waals surface area contributed by atoms with E-state index < -0.39 is 0 Å². The van der Waals surface area contributed by atoms with E-state index in [1.54, 1.807) is 0 Å². The Morgan fingerprint density at radius 2 is 2.25 bits per heavy atom. The van der Waals surface area contributed by atoms with E-state index in [9.17, 15) is 4.79 Å². The zero-order valence-electron chi connectivity index (χ0n) is 9.24. The molecule has 2 rings (SSSR count). The van der Waals surface area contributed by atoms with E-state index in [1.165, 1.54) is 0 Å². The first-order valence-corrected chi connectivity index (χ1v) is 6.25. The van der Waals surface area contributed by atoms with E-state index in [2.05, 4.69) is 28.2 Å². The number of rotatable bonds is 1. The average Bonchev–Trinajstić information content (AvgIpc) is 2.29. The van der Waals surface area contributed by atoms with Gasteiger partial charge in [-0.15, -0.1) is 0 Å². The third-order valence-corrected chi connectivity index (χ3v) is 3.45. The first-order valence-electron chi connectivity index (χ1n) is 5.45. The van der Waals surface area contributed by atoms with Gasteiger partial charge in [-0.05, 0) is 35.0 Å². The van der Waals surface area contributed by atoms with Crippen molar-refractivity contribution in [3.05, 3.63) is 34.3 Å². The summed E-state index contributed by atoms with van der Waals surface area (Å²) in [5, 5.41) is 3.33. The number of nitrogens with one attached hydrogen (secondary N) is 1. The number of carbonyl (C=O) groups is 1. The molecule has 3 nitrogen and oxygen atoms in total. The molecular formula is C12H15BrN2O. The number of piperazine rings is 1. The van der Waals surface area contributed by atoms with Crippen molar-refractivity contribution in [2.24, 2.45) is 0 Å². The maximum atomic E-state index is 12.2. The summed E-state index contributed by atoms with van der Waals surface area (Å²) < 4.78 is 0.867. The summed E-state index contributed by atoms with van der Waals surface area (Å²) in [6.45, 7) is 4.53. The molecule has 1 saturated heterocycles. The van der Waals surface area contributed by atoms with Gasteiger partial charge in [0.2, 0.25) is 0 Å². The zero-order chi connectivity index (χ0) is 11.5. The SMILES string of the molecule is C[C@H]1CN(C(=O)c2ccccc2Br)CCN1. The van der Waals surface area contributed by atoms with Crippen molar-refractivity contribution in [2.75, 3.05) is 19.6 Å². The van der Waals surface area contributed by atoms with Crippen molar-refractivity contribution in [3.8, 4) is 0 Å². The maximum Gasteiger partial charge on any atom is 0.255 e. The highest BCUT2D eigenvalue weighted by molar-refractivity contribution is 9.10. The molecule has 0 aromatic heterocycles. The first kappa shape index (κ1) is 11.6. The summed E-state index contributed by atoms with van der Waals surface area (Å²) >= 11 is 3.42. The second-order valence-corrected chi connectivity index (χ2v) is 4.94. The fraction of sp³-hybridized carbons (Fsp3) is 0.417. The number of nitrogens with zero attached hydrogens (tertiary/aromatic N) is 1. The first-order chi connectivity index (χ1) is 7.68. The van der Waals surface area contributed by atoms with Crippen LogP contribution in [0.15, 0.2) is 28.7 Å². The molecule has 1 aromatic carbocycles. The number of benzene rings is 1. The van der Waals surface area contributed by atoms with Gasteiger partial charge in [0.05, 0.1) is 5.56 Å². The Morgan fingerprint density at radius 3 is 2.94 bits per heavy atom. The minimum absolute atomic E-state index is 0.112. The lowest BCUT2D eigenvalue weighted by Crippen LogP contribution is -2.51. The van der Waals surface area contributed by atoms with Gasteiger partial charge in [-0.2, -0.15) is 0 Å². The summed E-state index contributed by atoms with van der Waals surface area (Å²) in [5.41, 5.74) is 0.747. The quantitative estimate of drug-likeness (QED) is 0.853. The lowest BCUT2D eigenvalue weighted by Gasteiger charge is -2.32. The Labute approximate surface area is 104 Å². The van der Waals surface area contributed by atoms with Crippen LogP contribution < -0.4 is 5.32 Å². The summed E-state index contributed by atoms with van der Waals surface area (Å²) in [7, 11) is 0. The molecule has 86 valence electrons. The monoisotopic (exact) mass is 282 g/mol. The summed E-state index contributed by atoms with van der Waals surface area (Å²) in [4.78, 5) is 14.1. The van der Waals surface area contributed by atoms with Crippen LogP contribution in [0.3, 0.4) is 0 Å². The minimum atomic E-state index is 0.112. The van der Waals surface area contributed by atoms with Crippen LogP contribution in [0.4, 0.5) is 0 Å². The highest BCUT2D eigenvalue weighted by Crippen LogP contribution is 2.18. The van der Waals surface area contributed by atoms with Crippen LogP contribution in [0, 0.1) is 0 Å². The fourth-order valence-corrected chi connectivity index (χ4v) is 2.38. The predicted molar refractivity (Wildman–Crippen MR) is 67.5 cm³/mol. The van der Waals surface area contributed by atoms with Gasteiger partial charge in [-0.1, -0.05) is 12.1 Å². The van der Waals surface area contributed by atoms with Gasteiger partial charge in [-0.25, -0.2) is 0 Å². The Balaban J connectivity index is 2.16. The number of carbonyl (C=O) groups excluding carboxylic acids is 1. The van der Waals surface area contributed by atoms with Crippen LogP contribution in [0.5, 0.6) is 0 Å². The molecule has 0 bridgehead atoms. The molecule has 16 heavy (non-hydrogen) atoms. The van der Waals surface area contributed by atoms with Crippen molar-refractivity contribution >= 4 is 21.8 Å². The van der Waals surface area contributed by atoms with Crippen molar-refractivity contribution in [1.82, 2.24) is 10.2 Å². The second kappa shape index (κ2) is 4.97. The van der Waals surface area contributed by atoms with Gasteiger partial charge in [-0.3, -0.25) is 4.79 Å². The van der Waals surface area contributed by atoms with Crippen molar-refractivity contribution in [1.29, 1.82) is 0 Å². The van der Waals surface area contributed by atoms with Crippen LogP contribution in [-0.2, 0) is 0 Å². The Bertz CT molecular complexity index is 394. The highest BCUT2D eigenvalue weighted by Gasteiger charge is 2.22. The van der Waals surface area contributed by atoms with E-state index in [0.29, 0.717) is 6.04 Å². The molecular weight excluding hydrogens is 268 g/mol. The fourth-order valence-electron chi connectivity index (χ4n) is 1.92. The number of halogens is 1. The van der Waals surface area contributed by atoms with Gasteiger partial charge >= 0.3 is 0 Å². The molecule has 4 heteroatoms. The molecule has 1 aliphatic rings. The van der Waals surface area contributed by atoms with E-state index in [0.717, 1.165) is 29.7 Å². The van der Waals surface area contributed by atoms with Gasteiger partial charge < -0.3 is 10.2 Å². The van der Waals surface area contributed by atoms with Gasteiger partial charge in [0.1, 0.15) is 0 Å². The molecule has 1 amide bonds. The van der Waals surface area contributed by atoms with Gasteiger partial charge in [0.15, 0.2) is 0 Å². The predicted octanol–water partition coefficient (Wildman–Crippen LogP) is 1.88. The number of hydrogen-bond acceptors (Lipinski definition) is 2. The van der Waals surface area contributed by atoms with E-state index in [1.807, 2.05) is 29.2 Å². The smallest absolute Gasteiger partial charge is 0.255 e. The molecule has 1 N–H and O–H groups in total. The van der Waals surface area contributed by atoms with Crippen molar-refractivity contribution < 1.29 is 4.79 Å². The largest absolute Gasteiger partial charge is 0.336 e.